The van der Waals surface area contributed by atoms with Gasteiger partial charge in [0.1, 0.15) is 5.75 Å². The fourth-order valence-corrected chi connectivity index (χ4v) is 1.50. The van der Waals surface area contributed by atoms with Crippen molar-refractivity contribution in [3.63, 3.8) is 0 Å². The molecule has 0 N–H and O–H groups in total. The molecule has 0 aliphatic heterocycles. The number of carboxylic acid groups (broad SMARTS) is 2. The fourth-order valence-electron chi connectivity index (χ4n) is 1.06. The number of hydrogen-bond donors (Lipinski definition) is 0. The van der Waals surface area contributed by atoms with E-state index in [4.69, 9.17) is 0 Å². The Morgan fingerprint density at radius 1 is 1.00 bits per heavy atom. The van der Waals surface area contributed by atoms with Crippen LogP contribution in [0.2, 0.25) is 0 Å². The van der Waals surface area contributed by atoms with Crippen molar-refractivity contribution in [2.24, 2.45) is 0 Å². The highest BCUT2D eigenvalue weighted by atomic mass is 32.2. The van der Waals surface area contributed by atoms with E-state index < -0.39 is 44.4 Å². The van der Waals surface area contributed by atoms with Gasteiger partial charge in [-0.3, -0.25) is 0 Å². The van der Waals surface area contributed by atoms with E-state index in [9.17, 15) is 41.4 Å². The molecule has 110 valence electrons. The predicted molar refractivity (Wildman–Crippen MR) is 50.7 cm³/mol. The second-order valence-corrected chi connectivity index (χ2v) is 4.84. The Hall–Kier alpha value is -2.30. The topological polar surface area (TPSA) is 124 Å². The molecule has 11 heteroatoms. The van der Waals surface area contributed by atoms with E-state index in [1.54, 1.807) is 0 Å². The molecule has 0 spiro atoms. The maximum Gasteiger partial charge on any atom is 0.534 e. The van der Waals surface area contributed by atoms with Crippen molar-refractivity contribution >= 4 is 22.1 Å². The van der Waals surface area contributed by atoms with Gasteiger partial charge in [-0.1, -0.05) is 0 Å². The van der Waals surface area contributed by atoms with E-state index in [0.717, 1.165) is 0 Å². The zero-order chi connectivity index (χ0) is 15.7. The average molecular weight is 312 g/mol. The molecule has 0 amide bonds. The summed E-state index contributed by atoms with van der Waals surface area (Å²) >= 11 is 0. The molecule has 0 heterocycles. The quantitative estimate of drug-likeness (QED) is 0.497. The van der Waals surface area contributed by atoms with Gasteiger partial charge in [-0.05, 0) is 18.2 Å². The first kappa shape index (κ1) is 15.8. The molecule has 1 rings (SSSR count). The van der Waals surface area contributed by atoms with Crippen LogP contribution in [0.4, 0.5) is 13.2 Å². The van der Waals surface area contributed by atoms with Gasteiger partial charge in [0.25, 0.3) is 0 Å². The minimum absolute atomic E-state index is 0.366. The molecule has 7 nitrogen and oxygen atoms in total. The van der Waals surface area contributed by atoms with Crippen molar-refractivity contribution in [1.29, 1.82) is 0 Å². The number of hydrogen-bond acceptors (Lipinski definition) is 7. The van der Waals surface area contributed by atoms with Crippen molar-refractivity contribution in [2.75, 3.05) is 0 Å². The molecule has 0 unspecified atom stereocenters. The summed E-state index contributed by atoms with van der Waals surface area (Å²) < 4.78 is 61.2. The van der Waals surface area contributed by atoms with E-state index >= 15 is 0 Å². The van der Waals surface area contributed by atoms with Crippen molar-refractivity contribution in [3.05, 3.63) is 29.3 Å². The Labute approximate surface area is 109 Å². The Bertz CT molecular complexity index is 630. The van der Waals surface area contributed by atoms with Crippen LogP contribution in [0.1, 0.15) is 20.7 Å². The lowest BCUT2D eigenvalue weighted by Crippen LogP contribution is -2.29. The summed E-state index contributed by atoms with van der Waals surface area (Å²) in [6, 6.07) is 1.24. The predicted octanol–water partition coefficient (Wildman–Crippen LogP) is -1.36. The summed E-state index contributed by atoms with van der Waals surface area (Å²) in [4.78, 5) is 21.1. The fraction of sp³-hybridized carbons (Fsp3) is 0.111. The van der Waals surface area contributed by atoms with Crippen molar-refractivity contribution < 1.29 is 45.6 Å². The smallest absolute Gasteiger partial charge is 0.534 e. The van der Waals surface area contributed by atoms with Crippen LogP contribution in [0.5, 0.6) is 5.75 Å². The second-order valence-electron chi connectivity index (χ2n) is 3.30. The largest absolute Gasteiger partial charge is 0.545 e. The first-order valence-corrected chi connectivity index (χ1v) is 5.93. The third kappa shape index (κ3) is 3.38. The number of carboxylic acids is 2. The number of carbonyl (C=O) groups excluding carboxylic acids is 2. The third-order valence-corrected chi connectivity index (χ3v) is 2.85. The monoisotopic (exact) mass is 312 g/mol. The number of alkyl halides is 3. The van der Waals surface area contributed by atoms with Crippen LogP contribution in [-0.4, -0.2) is 25.9 Å². The molecule has 0 radical (unpaired) electrons. The van der Waals surface area contributed by atoms with E-state index in [0.29, 0.717) is 18.2 Å². The highest BCUT2D eigenvalue weighted by Crippen LogP contribution is 2.28. The number of rotatable bonds is 4. The molecular formula is C9H3F3O7S-2. The Morgan fingerprint density at radius 2 is 1.40 bits per heavy atom. The summed E-state index contributed by atoms with van der Waals surface area (Å²) in [6.45, 7) is 0. The van der Waals surface area contributed by atoms with Crippen LogP contribution < -0.4 is 14.4 Å². The summed E-state index contributed by atoms with van der Waals surface area (Å²) in [7, 11) is -6.06. The minimum Gasteiger partial charge on any atom is -0.545 e. The molecule has 0 fully saturated rings. The summed E-state index contributed by atoms with van der Waals surface area (Å²) in [5.74, 6) is -5.03. The number of benzene rings is 1. The molecule has 0 saturated heterocycles. The van der Waals surface area contributed by atoms with Crippen LogP contribution in [0.15, 0.2) is 18.2 Å². The van der Waals surface area contributed by atoms with Gasteiger partial charge in [0.15, 0.2) is 0 Å². The van der Waals surface area contributed by atoms with E-state index in [1.165, 1.54) is 0 Å². The maximum atomic E-state index is 12.1. The molecule has 0 aliphatic rings. The number of halogens is 3. The molecule has 1 aromatic rings. The maximum absolute atomic E-state index is 12.1. The van der Waals surface area contributed by atoms with Gasteiger partial charge in [-0.2, -0.15) is 21.6 Å². The van der Waals surface area contributed by atoms with Crippen LogP contribution in [0, 0.1) is 0 Å². The van der Waals surface area contributed by atoms with Crippen molar-refractivity contribution in [1.82, 2.24) is 0 Å². The van der Waals surface area contributed by atoms with Crippen molar-refractivity contribution in [2.45, 2.75) is 5.51 Å². The van der Waals surface area contributed by atoms with E-state index in [1.807, 2.05) is 0 Å². The van der Waals surface area contributed by atoms with Gasteiger partial charge < -0.3 is 24.0 Å². The molecule has 0 bridgehead atoms. The van der Waals surface area contributed by atoms with Gasteiger partial charge >= 0.3 is 15.6 Å². The molecule has 20 heavy (non-hydrogen) atoms. The van der Waals surface area contributed by atoms with Gasteiger partial charge in [0, 0.05) is 11.1 Å². The highest BCUT2D eigenvalue weighted by Gasteiger charge is 2.48. The Morgan fingerprint density at radius 3 is 1.70 bits per heavy atom. The normalized spacial score (nSPS) is 11.9. The SMILES string of the molecule is O=C([O-])c1cc(OS(=O)(=O)C(F)(F)F)cc(C(=O)[O-])c1. The van der Waals surface area contributed by atoms with Gasteiger partial charge in [0.2, 0.25) is 0 Å². The minimum atomic E-state index is -6.06. The van der Waals surface area contributed by atoms with Gasteiger partial charge in [0.05, 0.1) is 11.9 Å². The van der Waals surface area contributed by atoms with Crippen LogP contribution in [-0.2, 0) is 10.1 Å². The number of aromatic carboxylic acids is 2. The lowest BCUT2D eigenvalue weighted by atomic mass is 10.1. The lowest BCUT2D eigenvalue weighted by Gasteiger charge is -2.13. The van der Waals surface area contributed by atoms with E-state index in [2.05, 4.69) is 4.18 Å². The average Bonchev–Trinajstić information content (AvgIpc) is 2.26. The van der Waals surface area contributed by atoms with E-state index in [-0.39, 0.29) is 0 Å². The zero-order valence-corrected chi connectivity index (χ0v) is 9.95. The van der Waals surface area contributed by atoms with Crippen LogP contribution >= 0.6 is 0 Å². The summed E-state index contributed by atoms with van der Waals surface area (Å²) in [5.41, 5.74) is -7.54. The highest BCUT2D eigenvalue weighted by molar-refractivity contribution is 7.88. The molecule has 0 saturated carbocycles. The molecule has 0 aliphatic carbocycles. The Balaban J connectivity index is 3.33. The molecule has 1 aromatic carbocycles. The standard InChI is InChI=1S/C9H5F3O7S/c10-9(11,12)20(17,18)19-6-2-4(7(13)14)1-5(3-6)8(15)16/h1-3H,(H,13,14)(H,15,16)/p-2. The molecule has 0 aromatic heterocycles. The molecular weight excluding hydrogens is 309 g/mol. The van der Waals surface area contributed by atoms with Crippen LogP contribution in [0.25, 0.3) is 0 Å². The van der Waals surface area contributed by atoms with Crippen molar-refractivity contribution in [3.8, 4) is 5.75 Å². The lowest BCUT2D eigenvalue weighted by molar-refractivity contribution is -0.255. The zero-order valence-electron chi connectivity index (χ0n) is 9.13. The van der Waals surface area contributed by atoms with Gasteiger partial charge in [-0.15, -0.1) is 0 Å². The second kappa shape index (κ2) is 5.00. The third-order valence-electron chi connectivity index (χ3n) is 1.87. The summed E-state index contributed by atoms with van der Waals surface area (Å²) in [6.07, 6.45) is 0. The first-order chi connectivity index (χ1) is 8.94. The van der Waals surface area contributed by atoms with Gasteiger partial charge in [-0.25, -0.2) is 0 Å². The summed E-state index contributed by atoms with van der Waals surface area (Å²) in [5, 5.41) is 21.1. The Kier molecular flexibility index (Phi) is 3.94. The van der Waals surface area contributed by atoms with Crippen LogP contribution in [0.3, 0.4) is 0 Å². The number of carbonyl (C=O) groups is 2. The first-order valence-electron chi connectivity index (χ1n) is 4.52. The molecule has 0 atom stereocenters.